The highest BCUT2D eigenvalue weighted by molar-refractivity contribution is 8.14. The molecular weight excluding hydrogens is 390 g/mol. The molecule has 0 saturated carbocycles. The number of hydrogen-bond donors (Lipinski definition) is 3. The number of furan rings is 1. The van der Waals surface area contributed by atoms with Crippen LogP contribution in [0.15, 0.2) is 50.3 Å². The third-order valence-electron chi connectivity index (χ3n) is 3.20. The first-order valence-electron chi connectivity index (χ1n) is 7.60. The van der Waals surface area contributed by atoms with Gasteiger partial charge in [0.2, 0.25) is 5.91 Å². The molecule has 0 spiro atoms. The van der Waals surface area contributed by atoms with E-state index in [1.54, 1.807) is 29.6 Å². The van der Waals surface area contributed by atoms with Crippen molar-refractivity contribution in [3.05, 3.63) is 46.5 Å². The van der Waals surface area contributed by atoms with Gasteiger partial charge in [-0.1, -0.05) is 17.8 Å². The van der Waals surface area contributed by atoms with E-state index in [4.69, 9.17) is 9.83 Å². The number of thiophene rings is 1. The summed E-state index contributed by atoms with van der Waals surface area (Å²) in [4.78, 5) is 43.8. The number of rotatable bonds is 5. The zero-order valence-corrected chi connectivity index (χ0v) is 15.4. The summed E-state index contributed by atoms with van der Waals surface area (Å²) in [5.41, 5.74) is -0.361. The topological polar surface area (TPSA) is 137 Å². The lowest BCUT2D eigenvalue weighted by molar-refractivity contribution is -0.118. The summed E-state index contributed by atoms with van der Waals surface area (Å²) in [7, 11) is 0. The van der Waals surface area contributed by atoms with Gasteiger partial charge in [0.25, 0.3) is 11.8 Å². The maximum Gasteiger partial charge on any atom is 0.287 e. The van der Waals surface area contributed by atoms with Crippen LogP contribution in [-0.2, 0) is 16.1 Å². The Morgan fingerprint density at radius 2 is 2.22 bits per heavy atom. The maximum atomic E-state index is 12.1. The molecule has 3 heterocycles. The number of amides is 3. The van der Waals surface area contributed by atoms with Crippen LogP contribution in [0.25, 0.3) is 0 Å². The lowest BCUT2D eigenvalue weighted by Crippen LogP contribution is -2.44. The van der Waals surface area contributed by atoms with Gasteiger partial charge >= 0.3 is 0 Å². The Kier molecular flexibility index (Phi) is 5.94. The minimum atomic E-state index is -0.710. The summed E-state index contributed by atoms with van der Waals surface area (Å²) in [6.45, 7) is 0.253. The molecule has 0 radical (unpaired) electrons. The van der Waals surface area contributed by atoms with Crippen LogP contribution in [0.4, 0.5) is 0 Å². The zero-order chi connectivity index (χ0) is 19.2. The van der Waals surface area contributed by atoms with Gasteiger partial charge in [0, 0.05) is 0 Å². The summed E-state index contributed by atoms with van der Waals surface area (Å²) in [5, 5.41) is 14.7. The summed E-state index contributed by atoms with van der Waals surface area (Å²) in [6.07, 6.45) is 1.51. The van der Waals surface area contributed by atoms with E-state index in [-0.39, 0.29) is 29.1 Å². The Morgan fingerprint density at radius 3 is 2.89 bits per heavy atom. The average Bonchev–Trinajstić information content (AvgIpc) is 3.34. The molecule has 11 heteroatoms. The van der Waals surface area contributed by atoms with Crippen LogP contribution in [0, 0.1) is 5.41 Å². The van der Waals surface area contributed by atoms with Crippen molar-refractivity contribution >= 4 is 57.5 Å². The Bertz CT molecular complexity index is 932. The Hall–Kier alpha value is -3.05. The second-order valence-corrected chi connectivity index (χ2v) is 7.02. The van der Waals surface area contributed by atoms with Crippen molar-refractivity contribution in [1.29, 1.82) is 5.41 Å². The molecule has 3 amide bonds. The molecule has 0 bridgehead atoms. The van der Waals surface area contributed by atoms with Gasteiger partial charge < -0.3 is 9.73 Å². The minimum absolute atomic E-state index is 0.00625. The van der Waals surface area contributed by atoms with Crippen molar-refractivity contribution in [1.82, 2.24) is 10.6 Å². The van der Waals surface area contributed by atoms with Crippen LogP contribution in [0.2, 0.25) is 0 Å². The third-order valence-corrected chi connectivity index (χ3v) is 4.93. The first kappa shape index (κ1) is 18.7. The Morgan fingerprint density at radius 1 is 1.37 bits per heavy atom. The highest BCUT2D eigenvalue weighted by Crippen LogP contribution is 2.12. The zero-order valence-electron chi connectivity index (χ0n) is 13.7. The van der Waals surface area contributed by atoms with Gasteiger partial charge in [-0.2, -0.15) is 4.99 Å². The standard InChI is InChI=1S/C16H13N5O4S2/c17-13-12(19-14(23)10-4-2-6-26-10)15(24)21-16(20-13)27-8-11(22)18-7-9-3-1-5-25-9/h1-6H,7-8H2,(H,18,22)(H2,17,20,21,24). The molecule has 1 aliphatic heterocycles. The number of nitrogens with one attached hydrogen (secondary N) is 3. The van der Waals surface area contributed by atoms with Crippen LogP contribution >= 0.6 is 23.1 Å². The highest BCUT2D eigenvalue weighted by Gasteiger charge is 2.26. The molecule has 2 aromatic heterocycles. The Labute approximate surface area is 161 Å². The fourth-order valence-electron chi connectivity index (χ4n) is 1.96. The molecule has 0 aromatic carbocycles. The Balaban J connectivity index is 1.55. The number of carbonyl (C=O) groups is 3. The second kappa shape index (κ2) is 8.56. The number of carbonyl (C=O) groups excluding carboxylic acids is 3. The fourth-order valence-corrected chi connectivity index (χ4v) is 3.26. The maximum absolute atomic E-state index is 12.1. The smallest absolute Gasteiger partial charge is 0.287 e. The number of nitrogens with zero attached hydrogens (tertiary/aromatic N) is 2. The molecule has 2 aromatic rings. The number of aliphatic imine (C=N–C) groups is 2. The van der Waals surface area contributed by atoms with Gasteiger partial charge in [0.05, 0.1) is 23.4 Å². The van der Waals surface area contributed by atoms with Gasteiger partial charge in [-0.15, -0.1) is 11.3 Å². The quantitative estimate of drug-likeness (QED) is 0.694. The number of hydrogen-bond acceptors (Lipinski definition) is 7. The molecule has 0 aliphatic carbocycles. The fraction of sp³-hybridized carbons (Fsp3) is 0.125. The molecule has 3 N–H and O–H groups in total. The van der Waals surface area contributed by atoms with Crippen LogP contribution in [0.3, 0.4) is 0 Å². The lowest BCUT2D eigenvalue weighted by Gasteiger charge is -2.14. The largest absolute Gasteiger partial charge is 0.467 e. The molecular formula is C16H13N5O4S2. The summed E-state index contributed by atoms with van der Waals surface area (Å²) < 4.78 is 5.11. The van der Waals surface area contributed by atoms with Gasteiger partial charge in [0.1, 0.15) is 5.76 Å². The van der Waals surface area contributed by atoms with E-state index in [0.717, 1.165) is 11.8 Å². The summed E-state index contributed by atoms with van der Waals surface area (Å²) in [5.74, 6) is -1.42. The molecule has 1 aliphatic rings. The van der Waals surface area contributed by atoms with Gasteiger partial charge in [0.15, 0.2) is 16.7 Å². The molecule has 0 atom stereocenters. The SMILES string of the molecule is N=C1N=C(SCC(=O)NCc2ccco2)NC(=O)C1=NC(=O)c1cccs1. The van der Waals surface area contributed by atoms with Crippen molar-refractivity contribution < 1.29 is 18.8 Å². The molecule has 138 valence electrons. The predicted octanol–water partition coefficient (Wildman–Crippen LogP) is 1.43. The predicted molar refractivity (Wildman–Crippen MR) is 102 cm³/mol. The average molecular weight is 403 g/mol. The summed E-state index contributed by atoms with van der Waals surface area (Å²) in [6, 6.07) is 6.72. The van der Waals surface area contributed by atoms with Crippen LogP contribution in [-0.4, -0.2) is 40.2 Å². The van der Waals surface area contributed by atoms with Crippen molar-refractivity contribution in [2.45, 2.75) is 6.54 Å². The highest BCUT2D eigenvalue weighted by atomic mass is 32.2. The van der Waals surface area contributed by atoms with E-state index in [9.17, 15) is 14.4 Å². The van der Waals surface area contributed by atoms with E-state index < -0.39 is 17.6 Å². The van der Waals surface area contributed by atoms with E-state index in [0.29, 0.717) is 10.6 Å². The number of amidine groups is 2. The van der Waals surface area contributed by atoms with E-state index in [2.05, 4.69) is 20.6 Å². The van der Waals surface area contributed by atoms with E-state index in [1.165, 1.54) is 17.6 Å². The van der Waals surface area contributed by atoms with E-state index in [1.807, 2.05) is 0 Å². The summed E-state index contributed by atoms with van der Waals surface area (Å²) >= 11 is 2.15. The first-order valence-corrected chi connectivity index (χ1v) is 9.47. The lowest BCUT2D eigenvalue weighted by atomic mass is 10.3. The van der Waals surface area contributed by atoms with Crippen LogP contribution < -0.4 is 10.6 Å². The molecule has 3 rings (SSSR count). The monoisotopic (exact) mass is 403 g/mol. The number of thioether (sulfide) groups is 1. The van der Waals surface area contributed by atoms with Crippen LogP contribution in [0.5, 0.6) is 0 Å². The van der Waals surface area contributed by atoms with Crippen molar-refractivity contribution in [3.63, 3.8) is 0 Å². The second-order valence-electron chi connectivity index (χ2n) is 5.11. The normalized spacial score (nSPS) is 15.4. The molecule has 27 heavy (non-hydrogen) atoms. The van der Waals surface area contributed by atoms with Crippen molar-refractivity contribution in [2.24, 2.45) is 9.98 Å². The van der Waals surface area contributed by atoms with Crippen molar-refractivity contribution in [2.75, 3.05) is 5.75 Å². The molecule has 0 saturated heterocycles. The first-order chi connectivity index (χ1) is 13.0. The molecule has 0 fully saturated rings. The van der Waals surface area contributed by atoms with Gasteiger partial charge in [-0.3, -0.25) is 25.1 Å². The molecule has 0 unspecified atom stereocenters. The van der Waals surface area contributed by atoms with Crippen molar-refractivity contribution in [3.8, 4) is 0 Å². The van der Waals surface area contributed by atoms with Gasteiger partial charge in [-0.25, -0.2) is 4.99 Å². The minimum Gasteiger partial charge on any atom is -0.467 e. The van der Waals surface area contributed by atoms with E-state index >= 15 is 0 Å². The third kappa shape index (κ3) is 4.99. The van der Waals surface area contributed by atoms with Gasteiger partial charge in [-0.05, 0) is 23.6 Å². The molecule has 9 nitrogen and oxygen atoms in total. The van der Waals surface area contributed by atoms with Crippen LogP contribution in [0.1, 0.15) is 15.4 Å².